The van der Waals surface area contributed by atoms with E-state index in [1.165, 1.54) is 11.8 Å². The van der Waals surface area contributed by atoms with E-state index in [2.05, 4.69) is 19.2 Å². The van der Waals surface area contributed by atoms with E-state index in [1.54, 1.807) is 7.11 Å². The van der Waals surface area contributed by atoms with E-state index in [-0.39, 0.29) is 17.2 Å². The van der Waals surface area contributed by atoms with Crippen LogP contribution in [0.25, 0.3) is 0 Å². The molecule has 2 aromatic rings. The zero-order valence-electron chi connectivity index (χ0n) is 15.7. The van der Waals surface area contributed by atoms with Crippen LogP contribution in [-0.2, 0) is 4.79 Å². The van der Waals surface area contributed by atoms with Crippen LogP contribution < -0.4 is 10.1 Å². The van der Waals surface area contributed by atoms with E-state index in [0.717, 1.165) is 22.6 Å². The fourth-order valence-electron chi connectivity index (χ4n) is 2.65. The summed E-state index contributed by atoms with van der Waals surface area (Å²) in [6.45, 7) is 6.25. The van der Waals surface area contributed by atoms with Crippen molar-refractivity contribution in [1.82, 2.24) is 5.32 Å². The molecule has 1 N–H and O–H groups in total. The van der Waals surface area contributed by atoms with Crippen molar-refractivity contribution in [3.63, 3.8) is 0 Å². The Morgan fingerprint density at radius 1 is 1.08 bits per heavy atom. The number of methoxy groups -OCH3 is 1. The highest BCUT2D eigenvalue weighted by Crippen LogP contribution is 2.27. The number of thioether (sulfide) groups is 1. The molecular formula is C21H26ClNO2S. The topological polar surface area (TPSA) is 38.3 Å². The van der Waals surface area contributed by atoms with Crippen molar-refractivity contribution in [3.8, 4) is 5.75 Å². The lowest BCUT2D eigenvalue weighted by molar-refractivity contribution is -0.121. The Morgan fingerprint density at radius 3 is 2.23 bits per heavy atom. The highest BCUT2D eigenvalue weighted by molar-refractivity contribution is 8.00. The number of halogens is 1. The maximum absolute atomic E-state index is 12.7. The Hall–Kier alpha value is -1.65. The first-order valence-corrected chi connectivity index (χ1v) is 10.0. The molecule has 0 aliphatic heterocycles. The summed E-state index contributed by atoms with van der Waals surface area (Å²) in [5, 5.41) is 3.71. The molecule has 0 saturated heterocycles. The lowest BCUT2D eigenvalue weighted by Crippen LogP contribution is -2.35. The standard InChI is InChI=1S/C21H26ClNO2S/c1-14(2)13-20(16-5-9-18(25-4)10-6-16)23-21(24)15(3)26-19-11-7-17(22)8-12-19/h5-12,14-15,20H,13H2,1-4H3,(H,23,24)/t15-,20+/m1/s1. The predicted molar refractivity (Wildman–Crippen MR) is 110 cm³/mol. The van der Waals surface area contributed by atoms with Crippen LogP contribution in [0.15, 0.2) is 53.4 Å². The van der Waals surface area contributed by atoms with Crippen molar-refractivity contribution >= 4 is 29.3 Å². The smallest absolute Gasteiger partial charge is 0.233 e. The molecule has 0 aliphatic carbocycles. The second-order valence-electron chi connectivity index (χ2n) is 6.68. The van der Waals surface area contributed by atoms with E-state index < -0.39 is 0 Å². The molecule has 0 aliphatic rings. The quantitative estimate of drug-likeness (QED) is 0.583. The van der Waals surface area contributed by atoms with Gasteiger partial charge >= 0.3 is 0 Å². The first-order valence-electron chi connectivity index (χ1n) is 8.75. The number of benzene rings is 2. The van der Waals surface area contributed by atoms with E-state index in [9.17, 15) is 4.79 Å². The zero-order valence-corrected chi connectivity index (χ0v) is 17.2. The molecule has 2 atom stereocenters. The van der Waals surface area contributed by atoms with Crippen LogP contribution in [0, 0.1) is 5.92 Å². The number of ether oxygens (including phenoxy) is 1. The summed E-state index contributed by atoms with van der Waals surface area (Å²) in [7, 11) is 1.65. The molecular weight excluding hydrogens is 366 g/mol. The summed E-state index contributed by atoms with van der Waals surface area (Å²) in [6.07, 6.45) is 0.885. The van der Waals surface area contributed by atoms with Crippen LogP contribution in [-0.4, -0.2) is 18.3 Å². The van der Waals surface area contributed by atoms with E-state index in [4.69, 9.17) is 16.3 Å². The van der Waals surface area contributed by atoms with Gasteiger partial charge in [0, 0.05) is 9.92 Å². The maximum Gasteiger partial charge on any atom is 0.233 e. The monoisotopic (exact) mass is 391 g/mol. The molecule has 2 aromatic carbocycles. The second kappa shape index (κ2) is 9.89. The van der Waals surface area contributed by atoms with Crippen molar-refractivity contribution in [1.29, 1.82) is 0 Å². The Kier molecular flexibility index (Phi) is 7.85. The van der Waals surface area contributed by atoms with Gasteiger partial charge in [0.15, 0.2) is 0 Å². The van der Waals surface area contributed by atoms with E-state index >= 15 is 0 Å². The molecule has 0 bridgehead atoms. The lowest BCUT2D eigenvalue weighted by Gasteiger charge is -2.23. The van der Waals surface area contributed by atoms with Crippen molar-refractivity contribution < 1.29 is 9.53 Å². The summed E-state index contributed by atoms with van der Waals surface area (Å²) in [5.41, 5.74) is 1.09. The normalized spacial score (nSPS) is 13.3. The molecule has 140 valence electrons. The van der Waals surface area contributed by atoms with Gasteiger partial charge in [-0.05, 0) is 61.2 Å². The van der Waals surface area contributed by atoms with Crippen LogP contribution in [0.5, 0.6) is 5.75 Å². The fourth-order valence-corrected chi connectivity index (χ4v) is 3.65. The first kappa shape index (κ1) is 20.7. The molecule has 1 amide bonds. The number of amides is 1. The number of rotatable bonds is 8. The number of carbonyl (C=O) groups excluding carboxylic acids is 1. The van der Waals surface area contributed by atoms with Crippen molar-refractivity contribution in [3.05, 3.63) is 59.1 Å². The van der Waals surface area contributed by atoms with Gasteiger partial charge in [-0.1, -0.05) is 37.6 Å². The number of hydrogen-bond acceptors (Lipinski definition) is 3. The minimum atomic E-state index is -0.191. The third-order valence-electron chi connectivity index (χ3n) is 4.04. The van der Waals surface area contributed by atoms with E-state index in [0.29, 0.717) is 10.9 Å². The van der Waals surface area contributed by atoms with Crippen molar-refractivity contribution in [2.75, 3.05) is 7.11 Å². The third-order valence-corrected chi connectivity index (χ3v) is 5.40. The average Bonchev–Trinajstić information content (AvgIpc) is 2.62. The third kappa shape index (κ3) is 6.26. The number of carbonyl (C=O) groups is 1. The number of hydrogen-bond donors (Lipinski definition) is 1. The highest BCUT2D eigenvalue weighted by Gasteiger charge is 2.21. The molecule has 26 heavy (non-hydrogen) atoms. The fraction of sp³-hybridized carbons (Fsp3) is 0.381. The molecule has 0 aromatic heterocycles. The van der Waals surface area contributed by atoms with Crippen molar-refractivity contribution in [2.45, 2.75) is 43.4 Å². The van der Waals surface area contributed by atoms with Gasteiger partial charge in [0.25, 0.3) is 0 Å². The van der Waals surface area contributed by atoms with Gasteiger partial charge in [-0.25, -0.2) is 0 Å². The first-order chi connectivity index (χ1) is 12.4. The number of nitrogens with one attached hydrogen (secondary N) is 1. The van der Waals surface area contributed by atoms with Gasteiger partial charge in [-0.15, -0.1) is 11.8 Å². The molecule has 0 heterocycles. The lowest BCUT2D eigenvalue weighted by atomic mass is 9.96. The molecule has 0 unspecified atom stereocenters. The van der Waals surface area contributed by atoms with Crippen molar-refractivity contribution in [2.24, 2.45) is 5.92 Å². The molecule has 0 spiro atoms. The Balaban J connectivity index is 2.05. The van der Waals surface area contributed by atoms with Crippen LogP contribution in [0.4, 0.5) is 0 Å². The molecule has 2 rings (SSSR count). The summed E-state index contributed by atoms with van der Waals surface area (Å²) in [4.78, 5) is 13.7. The SMILES string of the molecule is COc1ccc([C@H](CC(C)C)NC(=O)[C@@H](C)Sc2ccc(Cl)cc2)cc1. The van der Waals surface area contributed by atoms with Gasteiger partial charge in [-0.2, -0.15) is 0 Å². The van der Waals surface area contributed by atoms with Gasteiger partial charge in [0.1, 0.15) is 5.75 Å². The van der Waals surface area contributed by atoms with Gasteiger partial charge in [-0.3, -0.25) is 4.79 Å². The highest BCUT2D eigenvalue weighted by atomic mass is 35.5. The summed E-state index contributed by atoms with van der Waals surface area (Å²) in [6, 6.07) is 15.4. The zero-order chi connectivity index (χ0) is 19.1. The Bertz CT molecular complexity index is 701. The summed E-state index contributed by atoms with van der Waals surface area (Å²) >= 11 is 7.45. The van der Waals surface area contributed by atoms with Gasteiger partial charge in [0.05, 0.1) is 18.4 Å². The van der Waals surface area contributed by atoms with Gasteiger partial charge < -0.3 is 10.1 Å². The largest absolute Gasteiger partial charge is 0.497 e. The van der Waals surface area contributed by atoms with Crippen LogP contribution in [0.3, 0.4) is 0 Å². The molecule has 3 nitrogen and oxygen atoms in total. The minimum Gasteiger partial charge on any atom is -0.497 e. The molecule has 0 radical (unpaired) electrons. The van der Waals surface area contributed by atoms with Gasteiger partial charge in [0.2, 0.25) is 5.91 Å². The summed E-state index contributed by atoms with van der Waals surface area (Å²) < 4.78 is 5.22. The maximum atomic E-state index is 12.7. The summed E-state index contributed by atoms with van der Waals surface area (Å²) in [5.74, 6) is 1.32. The second-order valence-corrected chi connectivity index (χ2v) is 8.53. The van der Waals surface area contributed by atoms with Crippen LogP contribution in [0.2, 0.25) is 5.02 Å². The average molecular weight is 392 g/mol. The Labute approximate surface area is 165 Å². The molecule has 0 fully saturated rings. The van der Waals surface area contributed by atoms with Crippen LogP contribution in [0.1, 0.15) is 38.8 Å². The van der Waals surface area contributed by atoms with E-state index in [1.807, 2.05) is 55.5 Å². The molecule has 5 heteroatoms. The predicted octanol–water partition coefficient (Wildman–Crippen LogP) is 5.73. The Morgan fingerprint density at radius 2 is 1.69 bits per heavy atom. The van der Waals surface area contributed by atoms with Crippen LogP contribution >= 0.6 is 23.4 Å². The minimum absolute atomic E-state index is 0.0123. The molecule has 0 saturated carbocycles.